The van der Waals surface area contributed by atoms with E-state index in [1.807, 2.05) is 30.3 Å². The van der Waals surface area contributed by atoms with Crippen molar-refractivity contribution in [3.63, 3.8) is 0 Å². The minimum Gasteiger partial charge on any atom is -0.494 e. The zero-order valence-corrected chi connectivity index (χ0v) is 13.1. The molecule has 0 spiro atoms. The van der Waals surface area contributed by atoms with Crippen LogP contribution < -0.4 is 4.74 Å². The van der Waals surface area contributed by atoms with E-state index in [-0.39, 0.29) is 5.78 Å². The Morgan fingerprint density at radius 2 is 2.19 bits per heavy atom. The first-order valence-corrected chi connectivity index (χ1v) is 7.92. The van der Waals surface area contributed by atoms with Crippen molar-refractivity contribution in [2.75, 3.05) is 26.2 Å². The summed E-state index contributed by atoms with van der Waals surface area (Å²) in [5.41, 5.74) is 1.96. The van der Waals surface area contributed by atoms with Gasteiger partial charge in [0, 0.05) is 25.1 Å². The Kier molecular flexibility index (Phi) is 6.00. The molecule has 1 heterocycles. The second-order valence-electron chi connectivity index (χ2n) is 5.49. The fraction of sp³-hybridized carbons (Fsp3) is 0.500. The average molecular weight is 287 g/mol. The maximum Gasteiger partial charge on any atom is 0.161 e. The second-order valence-corrected chi connectivity index (χ2v) is 5.49. The number of hydrogen-bond acceptors (Lipinski definition) is 3. The summed E-state index contributed by atoms with van der Waals surface area (Å²) >= 11 is 0. The van der Waals surface area contributed by atoms with Crippen LogP contribution >= 0.6 is 0 Å². The van der Waals surface area contributed by atoms with Gasteiger partial charge in [-0.05, 0) is 36.7 Å². The molecule has 114 valence electrons. The number of Topliss-reactive ketones (excluding diaryl/α,β-unsaturated/α-hetero) is 1. The third-order valence-corrected chi connectivity index (χ3v) is 3.82. The topological polar surface area (TPSA) is 29.5 Å². The molecule has 0 amide bonds. The molecule has 1 fully saturated rings. The molecule has 1 aromatic rings. The van der Waals surface area contributed by atoms with Crippen LogP contribution in [0.5, 0.6) is 5.75 Å². The number of hydrogen-bond donors (Lipinski definition) is 0. The van der Waals surface area contributed by atoms with Crippen LogP contribution in [-0.4, -0.2) is 36.9 Å². The van der Waals surface area contributed by atoms with Gasteiger partial charge in [0.15, 0.2) is 5.78 Å². The normalized spacial score (nSPS) is 18.2. The van der Waals surface area contributed by atoms with Crippen LogP contribution in [-0.2, 0) is 4.79 Å². The molecule has 0 saturated carbocycles. The molecule has 0 aliphatic carbocycles. The van der Waals surface area contributed by atoms with Crippen molar-refractivity contribution in [2.45, 2.75) is 33.1 Å². The van der Waals surface area contributed by atoms with E-state index >= 15 is 0 Å². The van der Waals surface area contributed by atoms with E-state index in [0.717, 1.165) is 56.0 Å². The lowest BCUT2D eigenvalue weighted by Gasteiger charge is -2.26. The van der Waals surface area contributed by atoms with Crippen LogP contribution in [0.2, 0.25) is 0 Å². The third kappa shape index (κ3) is 4.71. The maximum absolute atomic E-state index is 12.0. The van der Waals surface area contributed by atoms with Gasteiger partial charge in [-0.2, -0.15) is 0 Å². The van der Waals surface area contributed by atoms with E-state index < -0.39 is 0 Å². The molecule has 0 radical (unpaired) electrons. The number of likely N-dealkylation sites (N-methyl/N-ethyl adjacent to an activating group) is 1. The molecule has 0 N–H and O–H groups in total. The van der Waals surface area contributed by atoms with Gasteiger partial charge in [0.2, 0.25) is 0 Å². The van der Waals surface area contributed by atoms with Crippen LogP contribution in [0, 0.1) is 0 Å². The summed E-state index contributed by atoms with van der Waals surface area (Å²) in [4.78, 5) is 14.3. The number of unbranched alkanes of at least 4 members (excludes halogenated alkanes) is 1. The highest BCUT2D eigenvalue weighted by Gasteiger charge is 2.19. The third-order valence-electron chi connectivity index (χ3n) is 3.82. The Hall–Kier alpha value is -1.61. The summed E-state index contributed by atoms with van der Waals surface area (Å²) in [5.74, 6) is 1.16. The Bertz CT molecular complexity index is 508. The number of nitrogens with zero attached hydrogens (tertiary/aromatic N) is 1. The standard InChI is InChI=1S/C18H25NO2/c1-3-5-11-21-17-8-6-7-15(13-17)12-16-14-19(4-2)10-9-18(16)20/h6-8,12-13H,3-5,9-11,14H2,1-2H3/b16-12+. The molecule has 21 heavy (non-hydrogen) atoms. The molecule has 0 unspecified atom stereocenters. The largest absolute Gasteiger partial charge is 0.494 e. The SMILES string of the molecule is CCCCOc1cccc(/C=C2\CN(CC)CCC2=O)c1. The maximum atomic E-state index is 12.0. The van der Waals surface area contributed by atoms with Crippen molar-refractivity contribution in [3.8, 4) is 5.75 Å². The lowest BCUT2D eigenvalue weighted by Crippen LogP contribution is -2.35. The van der Waals surface area contributed by atoms with Crippen LogP contribution in [0.1, 0.15) is 38.7 Å². The van der Waals surface area contributed by atoms with Gasteiger partial charge in [-0.1, -0.05) is 32.4 Å². The Labute approximate surface area is 127 Å². The van der Waals surface area contributed by atoms with Gasteiger partial charge in [0.1, 0.15) is 5.75 Å². The zero-order valence-electron chi connectivity index (χ0n) is 13.1. The van der Waals surface area contributed by atoms with Crippen LogP contribution in [0.15, 0.2) is 29.8 Å². The fourth-order valence-corrected chi connectivity index (χ4v) is 2.45. The second kappa shape index (κ2) is 7.99. The molecule has 3 nitrogen and oxygen atoms in total. The van der Waals surface area contributed by atoms with Gasteiger partial charge in [-0.25, -0.2) is 0 Å². The lowest BCUT2D eigenvalue weighted by atomic mass is 10.0. The molecule has 0 aromatic heterocycles. The van der Waals surface area contributed by atoms with E-state index in [2.05, 4.69) is 18.7 Å². The summed E-state index contributed by atoms with van der Waals surface area (Å²) in [6, 6.07) is 8.00. The van der Waals surface area contributed by atoms with Gasteiger partial charge in [0.05, 0.1) is 6.61 Å². The number of ether oxygens (including phenoxy) is 1. The molecule has 1 aromatic carbocycles. The quantitative estimate of drug-likeness (QED) is 0.592. The first kappa shape index (κ1) is 15.8. The Morgan fingerprint density at radius 3 is 2.95 bits per heavy atom. The summed E-state index contributed by atoms with van der Waals surface area (Å²) in [6.07, 6.45) is 4.84. The molecule has 1 aliphatic rings. The van der Waals surface area contributed by atoms with Gasteiger partial charge in [-0.3, -0.25) is 9.69 Å². The highest BCUT2D eigenvalue weighted by molar-refractivity contribution is 6.00. The highest BCUT2D eigenvalue weighted by atomic mass is 16.5. The molecule has 0 bridgehead atoms. The minimum atomic E-state index is 0.275. The van der Waals surface area contributed by atoms with E-state index in [9.17, 15) is 4.79 Å². The number of carbonyl (C=O) groups is 1. The van der Waals surface area contributed by atoms with Crippen LogP contribution in [0.4, 0.5) is 0 Å². The van der Waals surface area contributed by atoms with Crippen LogP contribution in [0.25, 0.3) is 6.08 Å². The molecule has 1 aliphatic heterocycles. The summed E-state index contributed by atoms with van der Waals surface area (Å²) in [6.45, 7) is 7.67. The minimum absolute atomic E-state index is 0.275. The van der Waals surface area contributed by atoms with Crippen molar-refractivity contribution in [1.29, 1.82) is 0 Å². The Morgan fingerprint density at radius 1 is 1.33 bits per heavy atom. The number of piperidine rings is 1. The average Bonchev–Trinajstić information content (AvgIpc) is 2.50. The monoisotopic (exact) mass is 287 g/mol. The summed E-state index contributed by atoms with van der Waals surface area (Å²) < 4.78 is 5.72. The predicted octanol–water partition coefficient (Wildman–Crippen LogP) is 3.54. The van der Waals surface area contributed by atoms with Crippen molar-refractivity contribution in [1.82, 2.24) is 4.90 Å². The number of ketones is 1. The van der Waals surface area contributed by atoms with Gasteiger partial charge in [0.25, 0.3) is 0 Å². The molecule has 2 rings (SSSR count). The molecule has 0 atom stereocenters. The fourth-order valence-electron chi connectivity index (χ4n) is 2.45. The summed E-state index contributed by atoms with van der Waals surface area (Å²) in [7, 11) is 0. The highest BCUT2D eigenvalue weighted by Crippen LogP contribution is 2.19. The van der Waals surface area contributed by atoms with Gasteiger partial charge in [-0.15, -0.1) is 0 Å². The van der Waals surface area contributed by atoms with Gasteiger partial charge < -0.3 is 4.74 Å². The van der Waals surface area contributed by atoms with Crippen molar-refractivity contribution < 1.29 is 9.53 Å². The molecule has 3 heteroatoms. The van der Waals surface area contributed by atoms with Crippen LogP contribution in [0.3, 0.4) is 0 Å². The Balaban J connectivity index is 2.08. The summed E-state index contributed by atoms with van der Waals surface area (Å²) in [5, 5.41) is 0. The lowest BCUT2D eigenvalue weighted by molar-refractivity contribution is -0.117. The smallest absolute Gasteiger partial charge is 0.161 e. The first-order valence-electron chi connectivity index (χ1n) is 7.92. The van der Waals surface area contributed by atoms with Crippen molar-refractivity contribution >= 4 is 11.9 Å². The van der Waals surface area contributed by atoms with E-state index in [0.29, 0.717) is 6.42 Å². The zero-order chi connectivity index (χ0) is 15.1. The number of likely N-dealkylation sites (tertiary alicyclic amines) is 1. The predicted molar refractivity (Wildman–Crippen MR) is 86.6 cm³/mol. The first-order chi connectivity index (χ1) is 10.2. The van der Waals surface area contributed by atoms with Gasteiger partial charge >= 0.3 is 0 Å². The van der Waals surface area contributed by atoms with Crippen molar-refractivity contribution in [3.05, 3.63) is 35.4 Å². The van der Waals surface area contributed by atoms with E-state index in [1.54, 1.807) is 0 Å². The molecule has 1 saturated heterocycles. The molecular weight excluding hydrogens is 262 g/mol. The van der Waals surface area contributed by atoms with E-state index in [1.165, 1.54) is 0 Å². The van der Waals surface area contributed by atoms with E-state index in [4.69, 9.17) is 4.74 Å². The van der Waals surface area contributed by atoms with Crippen molar-refractivity contribution in [2.24, 2.45) is 0 Å². The molecular formula is C18H25NO2. The number of benzene rings is 1. The number of rotatable bonds is 6. The number of carbonyl (C=O) groups excluding carboxylic acids is 1.